The number of nitrogens with one attached hydrogen (secondary N) is 4. The van der Waals surface area contributed by atoms with Crippen molar-refractivity contribution in [3.05, 3.63) is 40.2 Å². The van der Waals surface area contributed by atoms with Gasteiger partial charge in [0.2, 0.25) is 17.7 Å². The maximum Gasteiger partial charge on any atom is 0.349 e. The third-order valence-electron chi connectivity index (χ3n) is 9.40. The van der Waals surface area contributed by atoms with Gasteiger partial charge >= 0.3 is 5.63 Å². The zero-order valence-electron chi connectivity index (χ0n) is 32.5. The molecule has 1 heterocycles. The molecule has 0 bridgehead atoms. The minimum Gasteiger partial charge on any atom is -0.497 e. The molecule has 0 unspecified atom stereocenters. The SMILES string of the molecule is CCCCCCCCCCNC(=O)CC[C@H](NC(=O)[C@@H](NC(=O)c1cc2ccc(OC)cc2oc1=O)C(C)C)C(=O)NCCCCCCCCCC. The number of methoxy groups -OCH3 is 1. The summed E-state index contributed by atoms with van der Waals surface area (Å²) < 4.78 is 10.6. The molecule has 0 saturated carbocycles. The number of unbranched alkanes of at least 4 members (excludes halogenated alkanes) is 14. The van der Waals surface area contributed by atoms with Crippen molar-refractivity contribution >= 4 is 34.6 Å². The molecule has 11 heteroatoms. The number of ether oxygens (including phenoxy) is 1. The normalized spacial score (nSPS) is 12.3. The van der Waals surface area contributed by atoms with Gasteiger partial charge in [-0.3, -0.25) is 19.2 Å². The van der Waals surface area contributed by atoms with Crippen LogP contribution in [0.15, 0.2) is 33.5 Å². The van der Waals surface area contributed by atoms with Gasteiger partial charge in [-0.05, 0) is 43.4 Å². The van der Waals surface area contributed by atoms with Crippen molar-refractivity contribution < 1.29 is 28.3 Å². The van der Waals surface area contributed by atoms with Gasteiger partial charge < -0.3 is 30.4 Å². The maximum absolute atomic E-state index is 13.6. The fourth-order valence-corrected chi connectivity index (χ4v) is 6.11. The van der Waals surface area contributed by atoms with Gasteiger partial charge in [0.1, 0.15) is 29.0 Å². The van der Waals surface area contributed by atoms with Gasteiger partial charge in [0.15, 0.2) is 0 Å². The Labute approximate surface area is 311 Å². The van der Waals surface area contributed by atoms with Crippen molar-refractivity contribution in [2.45, 2.75) is 155 Å². The molecule has 0 saturated heterocycles. The lowest BCUT2D eigenvalue weighted by atomic mass is 10.0. The van der Waals surface area contributed by atoms with Crippen LogP contribution in [0.5, 0.6) is 5.75 Å². The Morgan fingerprint density at radius 2 is 1.27 bits per heavy atom. The summed E-state index contributed by atoms with van der Waals surface area (Å²) in [6.07, 6.45) is 18.6. The lowest BCUT2D eigenvalue weighted by molar-refractivity contribution is -0.131. The molecule has 11 nitrogen and oxygen atoms in total. The predicted molar refractivity (Wildman–Crippen MR) is 208 cm³/mol. The van der Waals surface area contributed by atoms with Crippen molar-refractivity contribution in [3.63, 3.8) is 0 Å². The Kier molecular flexibility index (Phi) is 22.1. The summed E-state index contributed by atoms with van der Waals surface area (Å²) in [7, 11) is 1.50. The van der Waals surface area contributed by atoms with E-state index >= 15 is 0 Å². The minimum atomic E-state index is -1.06. The van der Waals surface area contributed by atoms with E-state index in [1.807, 2.05) is 0 Å². The molecule has 0 aliphatic rings. The topological polar surface area (TPSA) is 156 Å². The summed E-state index contributed by atoms with van der Waals surface area (Å²) in [5.74, 6) is -1.77. The molecule has 0 fully saturated rings. The number of fused-ring (bicyclic) bond motifs is 1. The summed E-state index contributed by atoms with van der Waals surface area (Å²) in [5.41, 5.74) is -0.831. The van der Waals surface area contributed by atoms with Crippen LogP contribution in [0.4, 0.5) is 0 Å². The van der Waals surface area contributed by atoms with Gasteiger partial charge in [-0.1, -0.05) is 118 Å². The van der Waals surface area contributed by atoms with Crippen LogP contribution in [0, 0.1) is 5.92 Å². The van der Waals surface area contributed by atoms with E-state index in [9.17, 15) is 24.0 Å². The first-order valence-corrected chi connectivity index (χ1v) is 19.9. The van der Waals surface area contributed by atoms with E-state index in [2.05, 4.69) is 35.1 Å². The fourth-order valence-electron chi connectivity index (χ4n) is 6.11. The Morgan fingerprint density at radius 3 is 1.83 bits per heavy atom. The second-order valence-corrected chi connectivity index (χ2v) is 14.2. The highest BCUT2D eigenvalue weighted by atomic mass is 16.5. The maximum atomic E-state index is 13.6. The quantitative estimate of drug-likeness (QED) is 0.0528. The van der Waals surface area contributed by atoms with E-state index in [1.165, 1.54) is 77.4 Å². The van der Waals surface area contributed by atoms with Gasteiger partial charge in [0, 0.05) is 31.0 Å². The van der Waals surface area contributed by atoms with Crippen molar-refractivity contribution in [2.24, 2.45) is 5.92 Å². The summed E-state index contributed by atoms with van der Waals surface area (Å²) in [6, 6.07) is 4.29. The summed E-state index contributed by atoms with van der Waals surface area (Å²) >= 11 is 0. The van der Waals surface area contributed by atoms with Crippen molar-refractivity contribution in [3.8, 4) is 5.75 Å². The molecule has 0 radical (unpaired) electrons. The van der Waals surface area contributed by atoms with Crippen molar-refractivity contribution in [1.82, 2.24) is 21.3 Å². The van der Waals surface area contributed by atoms with E-state index in [1.54, 1.807) is 32.0 Å². The number of amides is 4. The van der Waals surface area contributed by atoms with Gasteiger partial charge in [0.25, 0.3) is 5.91 Å². The van der Waals surface area contributed by atoms with Crippen LogP contribution in [0.3, 0.4) is 0 Å². The standard InChI is InChI=1S/C41H66N4O7/c1-6-8-10-12-14-16-18-20-26-42-36(46)25-24-34(39(48)43-27-21-19-17-15-13-11-9-7-2)44-40(49)37(30(3)4)45-38(47)33-28-31-22-23-32(51-5)29-35(31)52-41(33)50/h22-23,28-30,34,37H,6-21,24-27H2,1-5H3,(H,42,46)(H,43,48)(H,44,49)(H,45,47)/t34-,37-/m0/s1. The zero-order valence-corrected chi connectivity index (χ0v) is 32.5. The van der Waals surface area contributed by atoms with Crippen molar-refractivity contribution in [1.29, 1.82) is 0 Å². The van der Waals surface area contributed by atoms with Gasteiger partial charge in [0.05, 0.1) is 7.11 Å². The van der Waals surface area contributed by atoms with Crippen LogP contribution in [-0.4, -0.2) is 55.9 Å². The first-order chi connectivity index (χ1) is 25.1. The van der Waals surface area contributed by atoms with E-state index in [4.69, 9.17) is 9.15 Å². The molecule has 0 aliphatic carbocycles. The van der Waals surface area contributed by atoms with Gasteiger partial charge in [-0.15, -0.1) is 0 Å². The number of hydrogen-bond acceptors (Lipinski definition) is 7. The summed E-state index contributed by atoms with van der Waals surface area (Å²) in [4.78, 5) is 65.8. The minimum absolute atomic E-state index is 0.0643. The average Bonchev–Trinajstić information content (AvgIpc) is 3.13. The monoisotopic (exact) mass is 726 g/mol. The number of carbonyl (C=O) groups excluding carboxylic acids is 4. The first kappa shape index (κ1) is 44.3. The molecule has 2 atom stereocenters. The second kappa shape index (κ2) is 26.0. The Bertz CT molecular complexity index is 1420. The Balaban J connectivity index is 2.01. The van der Waals surface area contributed by atoms with E-state index < -0.39 is 29.5 Å². The van der Waals surface area contributed by atoms with Crippen LogP contribution in [-0.2, 0) is 14.4 Å². The molecule has 4 N–H and O–H groups in total. The summed E-state index contributed by atoms with van der Waals surface area (Å²) in [5, 5.41) is 11.9. The molecule has 52 heavy (non-hydrogen) atoms. The fraction of sp³-hybridized carbons (Fsp3) is 0.683. The van der Waals surface area contributed by atoms with E-state index in [0.29, 0.717) is 24.2 Å². The van der Waals surface area contributed by atoms with Crippen LogP contribution >= 0.6 is 0 Å². The number of rotatable bonds is 28. The van der Waals surface area contributed by atoms with E-state index in [0.717, 1.165) is 38.5 Å². The Hall–Kier alpha value is -3.89. The highest BCUT2D eigenvalue weighted by Gasteiger charge is 2.30. The van der Waals surface area contributed by atoms with E-state index in [-0.39, 0.29) is 41.7 Å². The molecule has 1 aromatic carbocycles. The van der Waals surface area contributed by atoms with Crippen LogP contribution in [0.25, 0.3) is 11.0 Å². The molecule has 2 rings (SSSR count). The largest absolute Gasteiger partial charge is 0.497 e. The van der Waals surface area contributed by atoms with Crippen molar-refractivity contribution in [2.75, 3.05) is 20.2 Å². The lowest BCUT2D eigenvalue weighted by Gasteiger charge is -2.25. The second-order valence-electron chi connectivity index (χ2n) is 14.2. The lowest BCUT2D eigenvalue weighted by Crippen LogP contribution is -2.55. The predicted octanol–water partition coefficient (Wildman–Crippen LogP) is 7.33. The molecular weight excluding hydrogens is 660 g/mol. The van der Waals surface area contributed by atoms with Gasteiger partial charge in [-0.2, -0.15) is 0 Å². The molecule has 292 valence electrons. The Morgan fingerprint density at radius 1 is 0.712 bits per heavy atom. The van der Waals surface area contributed by atoms with Crippen LogP contribution in [0.1, 0.15) is 154 Å². The average molecular weight is 727 g/mol. The molecule has 1 aromatic heterocycles. The highest BCUT2D eigenvalue weighted by Crippen LogP contribution is 2.20. The third-order valence-corrected chi connectivity index (χ3v) is 9.40. The van der Waals surface area contributed by atoms with Crippen LogP contribution < -0.4 is 31.6 Å². The zero-order chi connectivity index (χ0) is 38.1. The molecular formula is C41H66N4O7. The molecule has 2 aromatic rings. The van der Waals surface area contributed by atoms with Gasteiger partial charge in [-0.25, -0.2) is 4.79 Å². The summed E-state index contributed by atoms with van der Waals surface area (Å²) in [6.45, 7) is 8.98. The number of carbonyl (C=O) groups is 4. The smallest absolute Gasteiger partial charge is 0.349 e. The van der Waals surface area contributed by atoms with Crippen LogP contribution in [0.2, 0.25) is 0 Å². The molecule has 0 aliphatic heterocycles. The highest BCUT2D eigenvalue weighted by molar-refractivity contribution is 6.00. The number of benzene rings is 1. The first-order valence-electron chi connectivity index (χ1n) is 19.9. The number of hydrogen-bond donors (Lipinski definition) is 4. The molecule has 0 spiro atoms. The third kappa shape index (κ3) is 17.1. The molecule has 4 amide bonds.